The number of amides is 3. The number of nitrogens with zero attached hydrogens (tertiary/aromatic N) is 3. The maximum atomic E-state index is 13.6. The van der Waals surface area contributed by atoms with Crippen molar-refractivity contribution in [3.8, 4) is 0 Å². The fourth-order valence-electron chi connectivity index (χ4n) is 6.66. The van der Waals surface area contributed by atoms with Gasteiger partial charge in [0.2, 0.25) is 21.8 Å². The number of likely N-dealkylation sites (tertiary alicyclic amines) is 1. The zero-order valence-corrected chi connectivity index (χ0v) is 25.5. The number of rotatable bonds is 4. The highest BCUT2D eigenvalue weighted by atomic mass is 32.2. The van der Waals surface area contributed by atoms with E-state index in [9.17, 15) is 22.8 Å². The highest BCUT2D eigenvalue weighted by Gasteiger charge is 2.43. The first-order valence-electron chi connectivity index (χ1n) is 14.8. The van der Waals surface area contributed by atoms with Crippen LogP contribution in [-0.2, 0) is 19.6 Å². The third-order valence-electron chi connectivity index (χ3n) is 9.10. The van der Waals surface area contributed by atoms with Crippen molar-refractivity contribution < 1.29 is 22.8 Å². The van der Waals surface area contributed by atoms with E-state index >= 15 is 0 Å². The highest BCUT2D eigenvalue weighted by Crippen LogP contribution is 2.37. The molecular weight excluding hydrogens is 528 g/mol. The van der Waals surface area contributed by atoms with Crippen molar-refractivity contribution in [3.05, 3.63) is 29.8 Å². The van der Waals surface area contributed by atoms with Crippen molar-refractivity contribution in [2.45, 2.75) is 77.8 Å². The van der Waals surface area contributed by atoms with Crippen LogP contribution in [0.2, 0.25) is 0 Å². The second-order valence-corrected chi connectivity index (χ2v) is 14.7. The molecular formula is C30H46N4O5S. The molecule has 1 aromatic carbocycles. The minimum atomic E-state index is -3.39. The van der Waals surface area contributed by atoms with E-state index in [0.717, 1.165) is 31.9 Å². The van der Waals surface area contributed by atoms with Crippen molar-refractivity contribution in [1.29, 1.82) is 0 Å². The summed E-state index contributed by atoms with van der Waals surface area (Å²) in [7, 11) is -1.90. The van der Waals surface area contributed by atoms with Gasteiger partial charge in [-0.15, -0.1) is 0 Å². The van der Waals surface area contributed by atoms with Gasteiger partial charge in [0.25, 0.3) is 5.91 Å². The summed E-state index contributed by atoms with van der Waals surface area (Å²) in [6.07, 6.45) is 6.35. The summed E-state index contributed by atoms with van der Waals surface area (Å²) in [5.74, 6) is 1.21. The van der Waals surface area contributed by atoms with Crippen LogP contribution in [0.5, 0.6) is 0 Å². The number of anilines is 1. The molecule has 40 heavy (non-hydrogen) atoms. The van der Waals surface area contributed by atoms with Crippen LogP contribution in [0.4, 0.5) is 5.69 Å². The summed E-state index contributed by atoms with van der Waals surface area (Å²) in [6.45, 7) is 8.23. The average molecular weight is 575 g/mol. The van der Waals surface area contributed by atoms with Crippen LogP contribution in [-0.4, -0.2) is 81.0 Å². The largest absolute Gasteiger partial charge is 0.353 e. The van der Waals surface area contributed by atoms with Gasteiger partial charge in [-0.3, -0.25) is 18.7 Å². The topological polar surface area (TPSA) is 107 Å². The number of benzene rings is 1. The van der Waals surface area contributed by atoms with Gasteiger partial charge in [-0.25, -0.2) is 8.42 Å². The van der Waals surface area contributed by atoms with Gasteiger partial charge in [-0.2, -0.15) is 0 Å². The van der Waals surface area contributed by atoms with Gasteiger partial charge in [0, 0.05) is 57.2 Å². The predicted octanol–water partition coefficient (Wildman–Crippen LogP) is 3.50. The van der Waals surface area contributed by atoms with Crippen LogP contribution < -0.4 is 9.62 Å². The average Bonchev–Trinajstić information content (AvgIpc) is 2.90. The quantitative estimate of drug-likeness (QED) is 0.593. The first-order valence-corrected chi connectivity index (χ1v) is 16.6. The minimum Gasteiger partial charge on any atom is -0.353 e. The molecule has 3 heterocycles. The lowest BCUT2D eigenvalue weighted by atomic mass is 9.77. The standard InChI is InChI=1S/C30H46N4O5S/c1-20(2)26-14-9-21(3)15-29(36)34-18-22-16-24(27(34)7-6-8-28(35)31-26)19-33(17-22)30(37)23-10-12-25(13-11-23)32(4)40(5,38)39/h10-13,20-22,24,26-27H,6-9,14-19H2,1-5H3,(H,31,35)/t21-,22+,24-,26+,27+/m1/s1. The molecule has 3 aliphatic rings. The van der Waals surface area contributed by atoms with Gasteiger partial charge in [0.15, 0.2) is 0 Å². The van der Waals surface area contributed by atoms with Gasteiger partial charge in [-0.05, 0) is 80.0 Å². The molecule has 0 saturated carbocycles. The molecule has 222 valence electrons. The number of carbonyl (C=O) groups excluding carboxylic acids is 3. The fourth-order valence-corrected chi connectivity index (χ4v) is 7.17. The number of fused-ring (bicyclic) bond motifs is 4. The molecule has 3 amide bonds. The molecule has 3 saturated heterocycles. The van der Waals surface area contributed by atoms with E-state index in [0.29, 0.717) is 56.1 Å². The Labute approximate surface area is 239 Å². The van der Waals surface area contributed by atoms with E-state index in [1.165, 1.54) is 11.4 Å². The molecule has 9 nitrogen and oxygen atoms in total. The molecule has 0 aliphatic carbocycles. The number of hydrogen-bond acceptors (Lipinski definition) is 5. The maximum Gasteiger partial charge on any atom is 0.253 e. The number of hydrogen-bond donors (Lipinski definition) is 1. The van der Waals surface area contributed by atoms with Gasteiger partial charge in [-0.1, -0.05) is 20.8 Å². The first kappa shape index (κ1) is 30.3. The molecule has 4 rings (SSSR count). The second-order valence-electron chi connectivity index (χ2n) is 12.7. The lowest BCUT2D eigenvalue weighted by Gasteiger charge is -2.51. The van der Waals surface area contributed by atoms with E-state index in [4.69, 9.17) is 0 Å². The zero-order chi connectivity index (χ0) is 29.2. The molecule has 2 bridgehead atoms. The fraction of sp³-hybridized carbons (Fsp3) is 0.700. The Balaban J connectivity index is 1.49. The van der Waals surface area contributed by atoms with Crippen LogP contribution in [0.3, 0.4) is 0 Å². The van der Waals surface area contributed by atoms with Gasteiger partial charge >= 0.3 is 0 Å². The summed E-state index contributed by atoms with van der Waals surface area (Å²) in [5, 5.41) is 3.23. The molecule has 3 aliphatic heterocycles. The molecule has 0 aromatic heterocycles. The smallest absolute Gasteiger partial charge is 0.253 e. The summed E-state index contributed by atoms with van der Waals surface area (Å²) < 4.78 is 24.9. The summed E-state index contributed by atoms with van der Waals surface area (Å²) in [6, 6.07) is 6.83. The van der Waals surface area contributed by atoms with Crippen molar-refractivity contribution >= 4 is 33.4 Å². The lowest BCUT2D eigenvalue weighted by molar-refractivity contribution is -0.141. The van der Waals surface area contributed by atoms with Crippen LogP contribution in [0, 0.1) is 23.7 Å². The molecule has 5 atom stereocenters. The number of piperidine rings is 2. The molecule has 0 unspecified atom stereocenters. The SMILES string of the molecule is CC(C)[C@@H]1CC[C@@H](C)CC(=O)N2C[C@H]3C[C@H](CN(C(=O)c4ccc(N(C)S(C)(=O)=O)cc4)C3)[C@@H]2CCCC(=O)N1. The Kier molecular flexibility index (Phi) is 9.47. The van der Waals surface area contributed by atoms with Crippen molar-refractivity contribution in [2.75, 3.05) is 37.2 Å². The third-order valence-corrected chi connectivity index (χ3v) is 10.3. The Morgan fingerprint density at radius 3 is 2.40 bits per heavy atom. The van der Waals surface area contributed by atoms with E-state index < -0.39 is 10.0 Å². The van der Waals surface area contributed by atoms with Crippen LogP contribution in [0.15, 0.2) is 24.3 Å². The molecule has 0 radical (unpaired) electrons. The van der Waals surface area contributed by atoms with Crippen LogP contribution in [0.1, 0.15) is 76.1 Å². The Hall–Kier alpha value is -2.62. The number of carbonyl (C=O) groups is 3. The van der Waals surface area contributed by atoms with Crippen LogP contribution in [0.25, 0.3) is 0 Å². The van der Waals surface area contributed by atoms with Crippen molar-refractivity contribution in [3.63, 3.8) is 0 Å². The molecule has 10 heteroatoms. The Morgan fingerprint density at radius 2 is 1.75 bits per heavy atom. The lowest BCUT2D eigenvalue weighted by Crippen LogP contribution is -2.60. The molecule has 3 fully saturated rings. The summed E-state index contributed by atoms with van der Waals surface area (Å²) in [4.78, 5) is 43.8. The number of sulfonamides is 1. The van der Waals surface area contributed by atoms with Crippen molar-refractivity contribution in [2.24, 2.45) is 23.7 Å². The van der Waals surface area contributed by atoms with Gasteiger partial charge in [0.1, 0.15) is 0 Å². The van der Waals surface area contributed by atoms with E-state index in [1.54, 1.807) is 24.3 Å². The highest BCUT2D eigenvalue weighted by molar-refractivity contribution is 7.92. The van der Waals surface area contributed by atoms with E-state index in [-0.39, 0.29) is 47.6 Å². The zero-order valence-electron chi connectivity index (χ0n) is 24.6. The Morgan fingerprint density at radius 1 is 1.05 bits per heavy atom. The minimum absolute atomic E-state index is 0.0202. The van der Waals surface area contributed by atoms with Gasteiger partial charge < -0.3 is 15.1 Å². The molecule has 1 aromatic rings. The maximum absolute atomic E-state index is 13.6. The van der Waals surface area contributed by atoms with Crippen molar-refractivity contribution in [1.82, 2.24) is 15.1 Å². The molecule has 0 spiro atoms. The normalized spacial score (nSPS) is 28.6. The van der Waals surface area contributed by atoms with E-state index in [2.05, 4.69) is 31.0 Å². The second kappa shape index (κ2) is 12.5. The first-order chi connectivity index (χ1) is 18.8. The number of nitrogens with one attached hydrogen (secondary N) is 1. The Bertz CT molecular complexity index is 1180. The van der Waals surface area contributed by atoms with Gasteiger partial charge in [0.05, 0.1) is 11.9 Å². The van der Waals surface area contributed by atoms with Crippen LogP contribution >= 0.6 is 0 Å². The summed E-state index contributed by atoms with van der Waals surface area (Å²) >= 11 is 0. The monoisotopic (exact) mass is 574 g/mol. The predicted molar refractivity (Wildman–Crippen MR) is 156 cm³/mol. The molecule has 1 N–H and O–H groups in total. The van der Waals surface area contributed by atoms with E-state index in [1.807, 2.05) is 4.90 Å². The third kappa shape index (κ3) is 7.17. The summed E-state index contributed by atoms with van der Waals surface area (Å²) in [5.41, 5.74) is 1.03.